The summed E-state index contributed by atoms with van der Waals surface area (Å²) in [5, 5.41) is 27.1. The van der Waals surface area contributed by atoms with Gasteiger partial charge in [-0.2, -0.15) is 10.4 Å². The molecule has 1 amide bonds. The second-order valence-electron chi connectivity index (χ2n) is 10.6. The van der Waals surface area contributed by atoms with Crippen LogP contribution in [0.1, 0.15) is 55.3 Å². The van der Waals surface area contributed by atoms with E-state index < -0.39 is 5.54 Å². The van der Waals surface area contributed by atoms with Crippen LogP contribution in [0.25, 0.3) is 16.1 Å². The van der Waals surface area contributed by atoms with Crippen LogP contribution in [0.2, 0.25) is 0 Å². The molecule has 192 valence electrons. The second-order valence-corrected chi connectivity index (χ2v) is 10.6. The molecule has 0 radical (unpaired) electrons. The van der Waals surface area contributed by atoms with E-state index in [2.05, 4.69) is 31.3 Å². The summed E-state index contributed by atoms with van der Waals surface area (Å²) in [6, 6.07) is 11.6. The summed E-state index contributed by atoms with van der Waals surface area (Å²) in [5.74, 6) is 0.440. The molecule has 38 heavy (non-hydrogen) atoms. The van der Waals surface area contributed by atoms with Crippen molar-refractivity contribution in [3.8, 4) is 17.3 Å². The fourth-order valence-corrected chi connectivity index (χ4v) is 6.22. The Bertz CT molecular complexity index is 1420. The second kappa shape index (κ2) is 9.55. The maximum atomic E-state index is 13.2. The molecule has 2 aliphatic heterocycles. The number of hydrogen-bond acceptors (Lipinski definition) is 7. The van der Waals surface area contributed by atoms with Crippen molar-refractivity contribution >= 4 is 17.5 Å². The number of aliphatic hydroxyl groups is 1. The van der Waals surface area contributed by atoms with Gasteiger partial charge in [0.1, 0.15) is 0 Å². The zero-order chi connectivity index (χ0) is 26.3. The van der Waals surface area contributed by atoms with Gasteiger partial charge in [-0.25, -0.2) is 16.5 Å². The van der Waals surface area contributed by atoms with Crippen LogP contribution in [0.4, 0.5) is 11.6 Å². The van der Waals surface area contributed by atoms with Crippen molar-refractivity contribution in [2.75, 3.05) is 5.32 Å². The van der Waals surface area contributed by atoms with Gasteiger partial charge in [-0.1, -0.05) is 0 Å². The monoisotopic (exact) mass is 508 g/mol. The molecule has 0 spiro atoms. The zero-order valence-corrected chi connectivity index (χ0v) is 20.9. The molecule has 1 saturated carbocycles. The van der Waals surface area contributed by atoms with E-state index in [1.165, 1.54) is 0 Å². The Morgan fingerprint density at radius 1 is 1.21 bits per heavy atom. The lowest BCUT2D eigenvalue weighted by molar-refractivity contribution is 0.0287. The van der Waals surface area contributed by atoms with Gasteiger partial charge in [0.05, 0.1) is 36.0 Å². The topological polar surface area (TPSA) is 124 Å². The number of piperidine rings is 1. The molecule has 2 bridgehead atoms. The van der Waals surface area contributed by atoms with Crippen LogP contribution >= 0.6 is 0 Å². The summed E-state index contributed by atoms with van der Waals surface area (Å²) in [6.07, 6.45) is 9.79. The lowest BCUT2D eigenvalue weighted by Gasteiger charge is -2.40. The highest BCUT2D eigenvalue weighted by Crippen LogP contribution is 2.44. The number of aromatic nitrogens is 4. The highest BCUT2D eigenvalue weighted by atomic mass is 16.3. The van der Waals surface area contributed by atoms with Gasteiger partial charge >= 0.3 is 0 Å². The van der Waals surface area contributed by atoms with E-state index in [0.29, 0.717) is 49.3 Å². The van der Waals surface area contributed by atoms with E-state index in [4.69, 9.17) is 6.57 Å². The summed E-state index contributed by atoms with van der Waals surface area (Å²) in [6.45, 7) is 7.25. The minimum absolute atomic E-state index is 0.0227. The van der Waals surface area contributed by atoms with Crippen LogP contribution in [0, 0.1) is 17.9 Å². The summed E-state index contributed by atoms with van der Waals surface area (Å²) < 4.78 is 1.81. The molecule has 4 heterocycles. The Kier molecular flexibility index (Phi) is 6.05. The smallest absolute Gasteiger partial charge is 0.254 e. The Hall–Kier alpha value is -4.28. The van der Waals surface area contributed by atoms with Gasteiger partial charge in [0.25, 0.3) is 5.91 Å². The van der Waals surface area contributed by atoms with Crippen LogP contribution < -0.4 is 5.32 Å². The normalized spacial score (nSPS) is 27.7. The first-order chi connectivity index (χ1) is 18.5. The predicted octanol–water partition coefficient (Wildman–Crippen LogP) is 3.90. The van der Waals surface area contributed by atoms with E-state index in [1.54, 1.807) is 18.5 Å². The first-order valence-corrected chi connectivity index (χ1v) is 13.0. The van der Waals surface area contributed by atoms with Crippen LogP contribution in [0.3, 0.4) is 0 Å². The van der Waals surface area contributed by atoms with Crippen LogP contribution in [-0.4, -0.2) is 59.9 Å². The number of hydrogen-bond donors (Lipinski definition) is 2. The third-order valence-electron chi connectivity index (χ3n) is 8.17. The molecule has 10 nitrogen and oxygen atoms in total. The van der Waals surface area contributed by atoms with Crippen molar-refractivity contribution < 1.29 is 9.90 Å². The van der Waals surface area contributed by atoms with Crippen molar-refractivity contribution in [2.45, 2.75) is 74.7 Å². The molecule has 1 aromatic carbocycles. The number of anilines is 2. The summed E-state index contributed by atoms with van der Waals surface area (Å²) in [4.78, 5) is 27.7. The molecule has 2 N–H and O–H groups in total. The quantitative estimate of drug-likeness (QED) is 0.484. The Morgan fingerprint density at radius 3 is 2.63 bits per heavy atom. The molecular formula is C28H28N8O2. The molecule has 3 fully saturated rings. The van der Waals surface area contributed by atoms with Gasteiger partial charge in [0, 0.05) is 54.1 Å². The zero-order valence-electron chi connectivity index (χ0n) is 20.9. The van der Waals surface area contributed by atoms with Crippen molar-refractivity contribution in [1.29, 1.82) is 5.26 Å². The molecular weight excluding hydrogens is 480 g/mol. The Morgan fingerprint density at radius 2 is 1.95 bits per heavy atom. The molecule has 10 heteroatoms. The predicted molar refractivity (Wildman–Crippen MR) is 139 cm³/mol. The molecule has 3 atom stereocenters. The minimum Gasteiger partial charge on any atom is -0.393 e. The maximum Gasteiger partial charge on any atom is 0.254 e. The number of nitrogens with one attached hydrogen (secondary N) is 1. The van der Waals surface area contributed by atoms with Gasteiger partial charge in [-0.3, -0.25) is 9.48 Å². The average Bonchev–Trinajstić information content (AvgIpc) is 3.50. The van der Waals surface area contributed by atoms with E-state index in [-0.39, 0.29) is 30.1 Å². The summed E-state index contributed by atoms with van der Waals surface area (Å²) >= 11 is 0. The van der Waals surface area contributed by atoms with Crippen molar-refractivity contribution in [3.63, 3.8) is 0 Å². The third kappa shape index (κ3) is 4.27. The SMILES string of the molecule is [C-]#[N+]C1CC(CC#N)(n2cc(-c3ccnc(Nc4ccc(C(=O)N5[C@@H]6CC[C@H]5CC(O)C6)cc4)n3)cn2)C1. The fourth-order valence-electron chi connectivity index (χ4n) is 6.22. The van der Waals surface area contributed by atoms with Gasteiger partial charge in [-0.15, -0.1) is 0 Å². The molecule has 2 saturated heterocycles. The molecule has 1 aliphatic carbocycles. The van der Waals surface area contributed by atoms with Gasteiger partial charge in [0.15, 0.2) is 0 Å². The highest BCUT2D eigenvalue weighted by Gasteiger charge is 2.50. The standard InChI is InChI=1S/C28H28N8O2/c1-30-21-14-28(15-21,9-10-29)35-17-19(16-32-35)25-8-11-31-27(34-25)33-20-4-2-18(3-5-20)26(38)36-22-6-7-23(36)13-24(37)12-22/h2-5,8,11,16-17,21-24,37H,6-7,9,12-15H2,(H,31,33,34)/t21?,22-,23+,24?,28?. The summed E-state index contributed by atoms with van der Waals surface area (Å²) in [7, 11) is 0. The molecule has 6 rings (SSSR count). The number of nitriles is 1. The number of benzene rings is 1. The van der Waals surface area contributed by atoms with E-state index in [1.807, 2.05) is 40.0 Å². The number of fused-ring (bicyclic) bond motifs is 2. The number of rotatable bonds is 6. The highest BCUT2D eigenvalue weighted by molar-refractivity contribution is 5.95. The van der Waals surface area contributed by atoms with E-state index in [0.717, 1.165) is 24.1 Å². The van der Waals surface area contributed by atoms with E-state index >= 15 is 0 Å². The number of carbonyl (C=O) groups excluding carboxylic acids is 1. The fraction of sp³-hybridized carbons (Fsp3) is 0.429. The van der Waals surface area contributed by atoms with Crippen LogP contribution in [0.5, 0.6) is 0 Å². The molecule has 1 unspecified atom stereocenters. The van der Waals surface area contributed by atoms with Gasteiger partial charge < -0.3 is 20.2 Å². The molecule has 2 aromatic heterocycles. The average molecular weight is 509 g/mol. The largest absolute Gasteiger partial charge is 0.393 e. The number of aliphatic hydroxyl groups excluding tert-OH is 1. The number of amides is 1. The Balaban J connectivity index is 1.14. The maximum absolute atomic E-state index is 13.2. The minimum atomic E-state index is -0.428. The number of nitrogens with zero attached hydrogens (tertiary/aromatic N) is 7. The first-order valence-electron chi connectivity index (χ1n) is 13.0. The van der Waals surface area contributed by atoms with Gasteiger partial charge in [0.2, 0.25) is 12.0 Å². The number of carbonyl (C=O) groups is 1. The van der Waals surface area contributed by atoms with Crippen molar-refractivity contribution in [3.05, 3.63) is 65.9 Å². The molecule has 3 aliphatic rings. The lowest BCUT2D eigenvalue weighted by Crippen LogP contribution is -2.48. The summed E-state index contributed by atoms with van der Waals surface area (Å²) in [5.41, 5.74) is 2.47. The van der Waals surface area contributed by atoms with Crippen molar-refractivity contribution in [1.82, 2.24) is 24.6 Å². The first kappa shape index (κ1) is 24.1. The van der Waals surface area contributed by atoms with E-state index in [9.17, 15) is 15.2 Å². The van der Waals surface area contributed by atoms with Crippen LogP contribution in [0.15, 0.2) is 48.9 Å². The lowest BCUT2D eigenvalue weighted by atomic mass is 9.71. The van der Waals surface area contributed by atoms with Crippen LogP contribution in [-0.2, 0) is 5.54 Å². The third-order valence-corrected chi connectivity index (χ3v) is 8.17. The molecule has 3 aromatic rings. The van der Waals surface area contributed by atoms with Crippen molar-refractivity contribution in [2.24, 2.45) is 0 Å². The van der Waals surface area contributed by atoms with Gasteiger partial charge in [-0.05, 0) is 56.0 Å². The Labute approximate surface area is 220 Å².